The first-order chi connectivity index (χ1) is 12.6. The van der Waals surface area contributed by atoms with Gasteiger partial charge in [0.1, 0.15) is 6.10 Å². The Balaban J connectivity index is 1.99. The van der Waals surface area contributed by atoms with Crippen LogP contribution in [-0.4, -0.2) is 27.3 Å². The van der Waals surface area contributed by atoms with Crippen LogP contribution in [0.25, 0.3) is 0 Å². The van der Waals surface area contributed by atoms with Crippen molar-refractivity contribution in [1.29, 1.82) is 0 Å². The van der Waals surface area contributed by atoms with Gasteiger partial charge in [0.05, 0.1) is 5.25 Å². The molecule has 26 heavy (non-hydrogen) atoms. The molecule has 0 radical (unpaired) electrons. The first kappa shape index (κ1) is 23.7. The number of carbonyl (C=O) groups excluding carboxylic acids is 1. The third-order valence-electron chi connectivity index (χ3n) is 5.50. The van der Waals surface area contributed by atoms with Gasteiger partial charge in [-0.2, -0.15) is 0 Å². The molecule has 0 amide bonds. The van der Waals surface area contributed by atoms with Crippen molar-refractivity contribution >= 4 is 16.8 Å². The lowest BCUT2D eigenvalue weighted by molar-refractivity contribution is -0.147. The van der Waals surface area contributed by atoms with Gasteiger partial charge in [0.15, 0.2) is 0 Å². The molecule has 1 saturated carbocycles. The molecule has 0 N–H and O–H groups in total. The molecule has 1 fully saturated rings. The smallest absolute Gasteiger partial charge is 0.302 e. The summed E-state index contributed by atoms with van der Waals surface area (Å²) < 4.78 is 18.0. The van der Waals surface area contributed by atoms with Crippen LogP contribution in [0, 0.1) is 0 Å². The van der Waals surface area contributed by atoms with Crippen LogP contribution in [0.2, 0.25) is 0 Å². The fourth-order valence-corrected chi connectivity index (χ4v) is 5.70. The molecule has 1 aliphatic carbocycles. The minimum Gasteiger partial charge on any atom is -0.461 e. The fourth-order valence-electron chi connectivity index (χ4n) is 3.95. The van der Waals surface area contributed by atoms with Gasteiger partial charge in [-0.25, -0.2) is 0 Å². The van der Waals surface area contributed by atoms with Crippen LogP contribution < -0.4 is 0 Å². The minimum atomic E-state index is -0.845. The molecule has 0 aromatic heterocycles. The average Bonchev–Trinajstić information content (AvgIpc) is 2.62. The number of unbranched alkanes of at least 4 members (excludes halogenated alkanes) is 11. The standard InChI is InChI=1S/C22H42O3S/c1-3-4-5-6-7-8-9-10-11-12-13-16-19-26(24)22-18-15-14-17-21(22)25-20(2)23/h21-22H,3-19H2,1-2H3/t21-,22-,26+/m1/s1. The van der Waals surface area contributed by atoms with Gasteiger partial charge in [0, 0.05) is 23.5 Å². The van der Waals surface area contributed by atoms with E-state index in [0.717, 1.165) is 37.9 Å². The Morgan fingerprint density at radius 2 is 1.35 bits per heavy atom. The lowest BCUT2D eigenvalue weighted by Gasteiger charge is -2.30. The summed E-state index contributed by atoms with van der Waals surface area (Å²) in [7, 11) is -0.845. The van der Waals surface area contributed by atoms with Gasteiger partial charge in [0.25, 0.3) is 0 Å². The molecule has 0 saturated heterocycles. The van der Waals surface area contributed by atoms with Gasteiger partial charge >= 0.3 is 5.97 Å². The van der Waals surface area contributed by atoms with Crippen LogP contribution in [0.3, 0.4) is 0 Å². The van der Waals surface area contributed by atoms with Crippen LogP contribution in [-0.2, 0) is 20.3 Å². The summed E-state index contributed by atoms with van der Waals surface area (Å²) in [6, 6.07) is 0. The zero-order chi connectivity index (χ0) is 19.0. The van der Waals surface area contributed by atoms with Crippen molar-refractivity contribution in [1.82, 2.24) is 0 Å². The fraction of sp³-hybridized carbons (Fsp3) is 0.955. The second-order valence-corrected chi connectivity index (χ2v) is 9.72. The molecule has 3 nitrogen and oxygen atoms in total. The third kappa shape index (κ3) is 11.4. The molecule has 0 heterocycles. The van der Waals surface area contributed by atoms with E-state index < -0.39 is 10.8 Å². The number of rotatable bonds is 15. The van der Waals surface area contributed by atoms with Crippen molar-refractivity contribution in [2.75, 3.05) is 5.75 Å². The highest BCUT2D eigenvalue weighted by atomic mass is 32.2. The summed E-state index contributed by atoms with van der Waals surface area (Å²) in [5.41, 5.74) is 0. The number of hydrogen-bond donors (Lipinski definition) is 0. The summed E-state index contributed by atoms with van der Waals surface area (Å²) in [5, 5.41) is 0.0698. The van der Waals surface area contributed by atoms with Crippen LogP contribution in [0.4, 0.5) is 0 Å². The van der Waals surface area contributed by atoms with Crippen molar-refractivity contribution in [2.45, 2.75) is 128 Å². The largest absolute Gasteiger partial charge is 0.461 e. The molecular weight excluding hydrogens is 344 g/mol. The molecule has 0 bridgehead atoms. The van der Waals surface area contributed by atoms with Gasteiger partial charge in [0.2, 0.25) is 0 Å². The Kier molecular flexibility index (Phi) is 14.2. The molecule has 154 valence electrons. The molecule has 1 rings (SSSR count). The van der Waals surface area contributed by atoms with E-state index in [0.29, 0.717) is 0 Å². The molecule has 0 spiro atoms. The predicted octanol–water partition coefficient (Wildman–Crippen LogP) is 6.31. The van der Waals surface area contributed by atoms with Crippen molar-refractivity contribution < 1.29 is 13.7 Å². The number of esters is 1. The van der Waals surface area contributed by atoms with Crippen LogP contribution in [0.5, 0.6) is 0 Å². The average molecular weight is 387 g/mol. The Hall–Kier alpha value is -0.380. The molecule has 3 atom stereocenters. The Morgan fingerprint density at radius 3 is 1.88 bits per heavy atom. The Labute approximate surface area is 164 Å². The lowest BCUT2D eigenvalue weighted by Crippen LogP contribution is -2.37. The quantitative estimate of drug-likeness (QED) is 0.245. The van der Waals surface area contributed by atoms with Crippen molar-refractivity contribution in [3.63, 3.8) is 0 Å². The summed E-state index contributed by atoms with van der Waals surface area (Å²) in [6.07, 6.45) is 19.8. The maximum atomic E-state index is 12.6. The van der Waals surface area contributed by atoms with E-state index in [2.05, 4.69) is 6.92 Å². The van der Waals surface area contributed by atoms with E-state index in [1.165, 1.54) is 77.6 Å². The van der Waals surface area contributed by atoms with Crippen molar-refractivity contribution in [2.24, 2.45) is 0 Å². The van der Waals surface area contributed by atoms with Crippen molar-refractivity contribution in [3.05, 3.63) is 0 Å². The molecule has 0 aliphatic heterocycles. The highest BCUT2D eigenvalue weighted by Crippen LogP contribution is 2.26. The maximum Gasteiger partial charge on any atom is 0.302 e. The first-order valence-corrected chi connectivity index (χ1v) is 12.6. The number of ether oxygens (including phenoxy) is 1. The van der Waals surface area contributed by atoms with E-state index in [-0.39, 0.29) is 17.3 Å². The summed E-state index contributed by atoms with van der Waals surface area (Å²) in [6.45, 7) is 3.72. The van der Waals surface area contributed by atoms with E-state index in [4.69, 9.17) is 4.74 Å². The van der Waals surface area contributed by atoms with E-state index in [1.807, 2.05) is 0 Å². The predicted molar refractivity (Wildman–Crippen MR) is 112 cm³/mol. The number of hydrogen-bond acceptors (Lipinski definition) is 3. The normalized spacial score (nSPS) is 21.5. The monoisotopic (exact) mass is 386 g/mol. The summed E-state index contributed by atoms with van der Waals surface area (Å²) in [4.78, 5) is 11.2. The topological polar surface area (TPSA) is 43.4 Å². The van der Waals surface area contributed by atoms with Gasteiger partial charge < -0.3 is 4.74 Å². The highest BCUT2D eigenvalue weighted by Gasteiger charge is 2.31. The van der Waals surface area contributed by atoms with Crippen LogP contribution in [0.1, 0.15) is 117 Å². The van der Waals surface area contributed by atoms with Crippen LogP contribution >= 0.6 is 0 Å². The zero-order valence-electron chi connectivity index (χ0n) is 17.3. The first-order valence-electron chi connectivity index (χ1n) is 11.2. The number of carbonyl (C=O) groups is 1. The van der Waals surface area contributed by atoms with Gasteiger partial charge in [-0.15, -0.1) is 0 Å². The molecule has 0 aromatic carbocycles. The van der Waals surface area contributed by atoms with E-state index in [1.54, 1.807) is 0 Å². The van der Waals surface area contributed by atoms with Gasteiger partial charge in [-0.05, 0) is 25.7 Å². The highest BCUT2D eigenvalue weighted by molar-refractivity contribution is 7.85. The van der Waals surface area contributed by atoms with E-state index >= 15 is 0 Å². The minimum absolute atomic E-state index is 0.0698. The summed E-state index contributed by atoms with van der Waals surface area (Å²) >= 11 is 0. The molecule has 0 unspecified atom stereocenters. The molecular formula is C22H42O3S. The Bertz CT molecular complexity index is 384. The van der Waals surface area contributed by atoms with Gasteiger partial charge in [-0.3, -0.25) is 9.00 Å². The second kappa shape index (κ2) is 15.7. The molecule has 4 heteroatoms. The SMILES string of the molecule is CCCCCCCCCCCCCC[S@](=O)[C@@H]1CCCC[C@H]1OC(C)=O. The second-order valence-electron chi connectivity index (χ2n) is 7.94. The summed E-state index contributed by atoms with van der Waals surface area (Å²) in [5.74, 6) is 0.545. The zero-order valence-corrected chi connectivity index (χ0v) is 18.1. The maximum absolute atomic E-state index is 12.6. The Morgan fingerprint density at radius 1 is 0.846 bits per heavy atom. The van der Waals surface area contributed by atoms with E-state index in [9.17, 15) is 9.00 Å². The molecule has 0 aromatic rings. The van der Waals surface area contributed by atoms with Crippen molar-refractivity contribution in [3.8, 4) is 0 Å². The van der Waals surface area contributed by atoms with Crippen LogP contribution in [0.15, 0.2) is 0 Å². The lowest BCUT2D eigenvalue weighted by atomic mass is 9.97. The molecule has 1 aliphatic rings. The third-order valence-corrected chi connectivity index (χ3v) is 7.40. The van der Waals surface area contributed by atoms with Gasteiger partial charge in [-0.1, -0.05) is 84.0 Å².